The minimum atomic E-state index is -4.93. The molecule has 0 aliphatic heterocycles. The molecule has 0 radical (unpaired) electrons. The first kappa shape index (κ1) is 15.8. The van der Waals surface area contributed by atoms with Crippen LogP contribution in [0.25, 0.3) is 0 Å². The van der Waals surface area contributed by atoms with E-state index >= 15 is 0 Å². The van der Waals surface area contributed by atoms with Crippen LogP contribution < -0.4 is 10.2 Å². The fourth-order valence-corrected chi connectivity index (χ4v) is 1.41. The van der Waals surface area contributed by atoms with E-state index in [1.54, 1.807) is 0 Å². The Labute approximate surface area is 108 Å². The monoisotopic (exact) mass is 280 g/mol. The van der Waals surface area contributed by atoms with Crippen molar-refractivity contribution in [3.05, 3.63) is 23.5 Å². The maximum absolute atomic E-state index is 13.6. The number of hydrogen-bond acceptors (Lipinski definition) is 3. The highest BCUT2D eigenvalue weighted by molar-refractivity contribution is 6.58. The van der Waals surface area contributed by atoms with Gasteiger partial charge in [0.25, 0.3) is 0 Å². The molecule has 0 spiro atoms. The van der Waals surface area contributed by atoms with Crippen molar-refractivity contribution in [2.24, 2.45) is 0 Å². The zero-order valence-corrected chi connectivity index (χ0v) is 10.2. The number of hydrogen-bond donors (Lipinski definition) is 2. The van der Waals surface area contributed by atoms with Crippen LogP contribution in [0, 0.1) is 5.82 Å². The quantitative estimate of drug-likeness (QED) is 0.490. The highest BCUT2D eigenvalue weighted by atomic mass is 19.4. The summed E-state index contributed by atoms with van der Waals surface area (Å²) in [6.07, 6.45) is -3.65. The van der Waals surface area contributed by atoms with E-state index in [0.29, 0.717) is 12.5 Å². The van der Waals surface area contributed by atoms with E-state index in [1.165, 1.54) is 0 Å². The maximum Gasteiger partial charge on any atom is 0.488 e. The Kier molecular flexibility index (Phi) is 5.19. The van der Waals surface area contributed by atoms with Crippen molar-refractivity contribution in [2.75, 3.05) is 6.61 Å². The average molecular weight is 280 g/mol. The largest absolute Gasteiger partial charge is 0.491 e. The zero-order valence-electron chi connectivity index (χ0n) is 10.2. The fourth-order valence-electron chi connectivity index (χ4n) is 1.41. The first-order valence-electron chi connectivity index (χ1n) is 5.67. The van der Waals surface area contributed by atoms with E-state index in [9.17, 15) is 17.6 Å². The molecule has 0 saturated heterocycles. The molecule has 0 saturated carbocycles. The van der Waals surface area contributed by atoms with Crippen molar-refractivity contribution >= 4 is 12.6 Å². The Morgan fingerprint density at radius 3 is 2.37 bits per heavy atom. The van der Waals surface area contributed by atoms with Crippen molar-refractivity contribution in [2.45, 2.75) is 25.9 Å². The van der Waals surface area contributed by atoms with E-state index in [4.69, 9.17) is 14.8 Å². The minimum absolute atomic E-state index is 0.0513. The van der Waals surface area contributed by atoms with Crippen molar-refractivity contribution in [1.82, 2.24) is 0 Å². The number of unbranched alkanes of at least 4 members (excludes halogenated alkanes) is 1. The molecule has 1 aromatic carbocycles. The number of halogens is 4. The lowest BCUT2D eigenvalue weighted by Crippen LogP contribution is -2.31. The lowest BCUT2D eigenvalue weighted by atomic mass is 9.79. The van der Waals surface area contributed by atoms with Gasteiger partial charge in [0.15, 0.2) is 11.6 Å². The number of alkyl halides is 3. The summed E-state index contributed by atoms with van der Waals surface area (Å²) in [5.74, 6) is -2.18. The van der Waals surface area contributed by atoms with Crippen molar-refractivity contribution in [3.8, 4) is 5.75 Å². The molecular formula is C11H13BF4O3. The summed E-state index contributed by atoms with van der Waals surface area (Å²) in [4.78, 5) is 0. The second kappa shape index (κ2) is 6.25. The van der Waals surface area contributed by atoms with Gasteiger partial charge in [-0.05, 0) is 24.0 Å². The van der Waals surface area contributed by atoms with Crippen molar-refractivity contribution in [1.29, 1.82) is 0 Å². The van der Waals surface area contributed by atoms with Gasteiger partial charge in [-0.3, -0.25) is 0 Å². The van der Waals surface area contributed by atoms with E-state index in [-0.39, 0.29) is 6.61 Å². The molecule has 0 aromatic heterocycles. The number of ether oxygens (including phenoxy) is 1. The third-order valence-electron chi connectivity index (χ3n) is 2.42. The predicted molar refractivity (Wildman–Crippen MR) is 61.6 cm³/mol. The van der Waals surface area contributed by atoms with Gasteiger partial charge in [0, 0.05) is 0 Å². The lowest BCUT2D eigenvalue weighted by molar-refractivity contribution is -0.140. The standard InChI is InChI=1S/C11H13BF4O3/c1-2-3-4-19-9-6-7(12(17)18)5-8(10(9)13)11(14,15)16/h5-6,17-18H,2-4H2,1H3. The molecule has 1 aromatic rings. The third-order valence-corrected chi connectivity index (χ3v) is 2.42. The van der Waals surface area contributed by atoms with Gasteiger partial charge in [-0.1, -0.05) is 13.3 Å². The van der Waals surface area contributed by atoms with Crippen LogP contribution >= 0.6 is 0 Å². The summed E-state index contributed by atoms with van der Waals surface area (Å²) in [6.45, 7) is 1.89. The summed E-state index contributed by atoms with van der Waals surface area (Å²) in [5.41, 5.74) is -2.05. The lowest BCUT2D eigenvalue weighted by Gasteiger charge is -2.14. The Morgan fingerprint density at radius 2 is 1.89 bits per heavy atom. The number of benzene rings is 1. The van der Waals surface area contributed by atoms with Gasteiger partial charge in [-0.2, -0.15) is 13.2 Å². The molecule has 3 nitrogen and oxygen atoms in total. The van der Waals surface area contributed by atoms with Gasteiger partial charge in [-0.15, -0.1) is 0 Å². The average Bonchev–Trinajstić information content (AvgIpc) is 2.29. The summed E-state index contributed by atoms with van der Waals surface area (Å²) in [7, 11) is -2.13. The van der Waals surface area contributed by atoms with Crippen LogP contribution in [-0.2, 0) is 6.18 Å². The Bertz CT molecular complexity index is 435. The predicted octanol–water partition coefficient (Wildman–Crippen LogP) is 1.70. The van der Waals surface area contributed by atoms with Gasteiger partial charge in [0.1, 0.15) is 0 Å². The molecule has 0 atom stereocenters. The third kappa shape index (κ3) is 4.10. The molecule has 0 amide bonds. The second-order valence-electron chi connectivity index (χ2n) is 3.95. The van der Waals surface area contributed by atoms with Crippen LogP contribution in [0.2, 0.25) is 0 Å². The Morgan fingerprint density at radius 1 is 1.26 bits per heavy atom. The molecule has 0 heterocycles. The van der Waals surface area contributed by atoms with E-state index < -0.39 is 35.9 Å². The molecule has 8 heteroatoms. The highest BCUT2D eigenvalue weighted by Crippen LogP contribution is 2.34. The van der Waals surface area contributed by atoms with Crippen molar-refractivity contribution in [3.63, 3.8) is 0 Å². The summed E-state index contributed by atoms with van der Waals surface area (Å²) in [6, 6.07) is 1.21. The van der Waals surface area contributed by atoms with Crippen molar-refractivity contribution < 1.29 is 32.3 Å². The molecule has 2 N–H and O–H groups in total. The summed E-state index contributed by atoms with van der Waals surface area (Å²) in [5, 5.41) is 17.8. The molecule has 0 fully saturated rings. The van der Waals surface area contributed by atoms with Crippen LogP contribution in [0.1, 0.15) is 25.3 Å². The summed E-state index contributed by atoms with van der Waals surface area (Å²) < 4.78 is 56.3. The van der Waals surface area contributed by atoms with Crippen LogP contribution in [0.15, 0.2) is 12.1 Å². The van der Waals surface area contributed by atoms with Gasteiger partial charge in [0.2, 0.25) is 0 Å². The second-order valence-corrected chi connectivity index (χ2v) is 3.95. The SMILES string of the molecule is CCCCOc1cc(B(O)O)cc(C(F)(F)F)c1F. The molecule has 19 heavy (non-hydrogen) atoms. The van der Waals surface area contributed by atoms with Gasteiger partial charge < -0.3 is 14.8 Å². The molecule has 0 aliphatic carbocycles. The van der Waals surface area contributed by atoms with Crippen LogP contribution in [0.5, 0.6) is 5.75 Å². The smallest absolute Gasteiger partial charge is 0.488 e. The van der Waals surface area contributed by atoms with Crippen LogP contribution in [-0.4, -0.2) is 23.8 Å². The zero-order chi connectivity index (χ0) is 14.6. The van der Waals surface area contributed by atoms with Crippen LogP contribution in [0.4, 0.5) is 17.6 Å². The molecule has 0 unspecified atom stereocenters. The fraction of sp³-hybridized carbons (Fsp3) is 0.455. The van der Waals surface area contributed by atoms with Gasteiger partial charge in [-0.25, -0.2) is 4.39 Å². The van der Waals surface area contributed by atoms with E-state index in [1.807, 2.05) is 6.92 Å². The van der Waals surface area contributed by atoms with Crippen LogP contribution in [0.3, 0.4) is 0 Å². The normalized spacial score (nSPS) is 11.5. The molecule has 0 bridgehead atoms. The molecule has 0 aliphatic rings. The van der Waals surface area contributed by atoms with E-state index in [2.05, 4.69) is 0 Å². The highest BCUT2D eigenvalue weighted by Gasteiger charge is 2.37. The molecule has 1 rings (SSSR count). The topological polar surface area (TPSA) is 49.7 Å². The first-order chi connectivity index (χ1) is 8.77. The molecular weight excluding hydrogens is 267 g/mol. The van der Waals surface area contributed by atoms with E-state index in [0.717, 1.165) is 12.5 Å². The first-order valence-corrected chi connectivity index (χ1v) is 5.67. The Hall–Kier alpha value is -1.28. The maximum atomic E-state index is 13.6. The number of rotatable bonds is 5. The molecule has 106 valence electrons. The Balaban J connectivity index is 3.18. The summed E-state index contributed by atoms with van der Waals surface area (Å²) >= 11 is 0. The van der Waals surface area contributed by atoms with Gasteiger partial charge in [0.05, 0.1) is 12.2 Å². The minimum Gasteiger partial charge on any atom is -0.491 e. The van der Waals surface area contributed by atoms with Gasteiger partial charge >= 0.3 is 13.3 Å².